The molecule has 20 heavy (non-hydrogen) atoms. The molecule has 2 rings (SSSR count). The minimum absolute atomic E-state index is 0.0188. The second-order valence-corrected chi connectivity index (χ2v) is 4.76. The number of hydrogen-bond donors (Lipinski definition) is 2. The first kappa shape index (κ1) is 14.7. The van der Waals surface area contributed by atoms with E-state index in [0.717, 1.165) is 12.8 Å². The number of nitrogens with zero attached hydrogens (tertiary/aromatic N) is 1. The van der Waals surface area contributed by atoms with Crippen molar-refractivity contribution in [3.05, 3.63) is 12.1 Å². The van der Waals surface area contributed by atoms with Crippen molar-refractivity contribution in [3.8, 4) is 5.88 Å². The molecule has 1 aliphatic rings. The van der Waals surface area contributed by atoms with Gasteiger partial charge in [-0.05, 0) is 30.9 Å². The number of anilines is 2. The third kappa shape index (κ3) is 3.88. The molecule has 0 unspecified atom stereocenters. The number of halogens is 4. The minimum atomic E-state index is -4.11. The van der Waals surface area contributed by atoms with Crippen LogP contribution >= 0.6 is 0 Å². The number of aromatic nitrogens is 1. The molecule has 1 fully saturated rings. The summed E-state index contributed by atoms with van der Waals surface area (Å²) in [4.78, 5) is 3.90. The maximum absolute atomic E-state index is 12.8. The highest BCUT2D eigenvalue weighted by Crippen LogP contribution is 2.31. The molecule has 1 aliphatic carbocycles. The lowest BCUT2D eigenvalue weighted by atomic mass is 10.3. The van der Waals surface area contributed by atoms with Crippen LogP contribution in [0.1, 0.15) is 12.8 Å². The third-order valence-corrected chi connectivity index (χ3v) is 2.87. The van der Waals surface area contributed by atoms with E-state index in [-0.39, 0.29) is 17.4 Å². The summed E-state index contributed by atoms with van der Waals surface area (Å²) < 4.78 is 55.0. The Morgan fingerprint density at radius 2 is 2.10 bits per heavy atom. The zero-order valence-electron chi connectivity index (χ0n) is 10.6. The molecule has 1 aromatic rings. The number of alkyl halides is 4. The van der Waals surface area contributed by atoms with Gasteiger partial charge in [0.15, 0.2) is 0 Å². The second-order valence-electron chi connectivity index (χ2n) is 4.76. The van der Waals surface area contributed by atoms with Crippen molar-refractivity contribution in [2.45, 2.75) is 25.2 Å². The van der Waals surface area contributed by atoms with Crippen LogP contribution in [0.5, 0.6) is 5.88 Å². The average Bonchev–Trinajstić information content (AvgIpc) is 3.20. The maximum atomic E-state index is 12.8. The Bertz CT molecular complexity index is 466. The molecule has 0 bridgehead atoms. The molecule has 0 radical (unpaired) electrons. The highest BCUT2D eigenvalue weighted by Gasteiger charge is 2.40. The Balaban J connectivity index is 1.95. The Hall–Kier alpha value is -1.73. The van der Waals surface area contributed by atoms with Crippen molar-refractivity contribution < 1.29 is 22.3 Å². The van der Waals surface area contributed by atoms with Gasteiger partial charge in [0.1, 0.15) is 5.82 Å². The summed E-state index contributed by atoms with van der Waals surface area (Å²) in [7, 11) is 0. The van der Waals surface area contributed by atoms with Gasteiger partial charge in [-0.1, -0.05) is 0 Å². The van der Waals surface area contributed by atoms with Crippen LogP contribution in [0.15, 0.2) is 12.1 Å². The summed E-state index contributed by atoms with van der Waals surface area (Å²) in [6.45, 7) is -0.739. The van der Waals surface area contributed by atoms with Gasteiger partial charge in [0.25, 0.3) is 0 Å². The van der Waals surface area contributed by atoms with Crippen molar-refractivity contribution >= 4 is 11.5 Å². The van der Waals surface area contributed by atoms with E-state index in [1.165, 1.54) is 12.1 Å². The molecule has 0 aromatic carbocycles. The van der Waals surface area contributed by atoms with Crippen LogP contribution in [-0.4, -0.2) is 30.5 Å². The largest absolute Gasteiger partial charge is 0.476 e. The molecule has 0 atom stereocenters. The Labute approximate surface area is 113 Å². The van der Waals surface area contributed by atoms with Gasteiger partial charge in [0.2, 0.25) is 5.88 Å². The lowest BCUT2D eigenvalue weighted by molar-refractivity contribution is -0.117. The van der Waals surface area contributed by atoms with Crippen LogP contribution in [0.2, 0.25) is 0 Å². The summed E-state index contributed by atoms with van der Waals surface area (Å²) in [5, 5.41) is 2.16. The Morgan fingerprint density at radius 3 is 2.70 bits per heavy atom. The quantitative estimate of drug-likeness (QED) is 0.759. The fraction of sp³-hybridized carbons (Fsp3) is 0.583. The second kappa shape index (κ2) is 5.72. The molecule has 1 heterocycles. The van der Waals surface area contributed by atoms with Gasteiger partial charge in [-0.15, -0.1) is 0 Å². The Kier molecular flexibility index (Phi) is 4.20. The van der Waals surface area contributed by atoms with E-state index in [2.05, 4.69) is 10.3 Å². The number of ether oxygens (including phenoxy) is 1. The van der Waals surface area contributed by atoms with Crippen LogP contribution < -0.4 is 15.8 Å². The highest BCUT2D eigenvalue weighted by atomic mass is 19.3. The summed E-state index contributed by atoms with van der Waals surface area (Å²) in [6.07, 6.45) is -1.56. The summed E-state index contributed by atoms with van der Waals surface area (Å²) in [5.74, 6) is -3.48. The normalized spacial score (nSPS) is 15.4. The summed E-state index contributed by atoms with van der Waals surface area (Å²) in [5.41, 5.74) is 5.92. The average molecular weight is 293 g/mol. The fourth-order valence-electron chi connectivity index (χ4n) is 1.43. The molecule has 8 heteroatoms. The molecule has 4 nitrogen and oxygen atoms in total. The Morgan fingerprint density at radius 1 is 1.40 bits per heavy atom. The molecule has 0 amide bonds. The first-order valence-electron chi connectivity index (χ1n) is 6.17. The van der Waals surface area contributed by atoms with Gasteiger partial charge in [0, 0.05) is 0 Å². The summed E-state index contributed by atoms with van der Waals surface area (Å²) >= 11 is 0. The number of rotatable bonds is 7. The van der Waals surface area contributed by atoms with Gasteiger partial charge in [0.05, 0.1) is 18.8 Å². The SMILES string of the molecule is Nc1ccc(NCC(F)(F)C(F)F)nc1OCC1CC1. The molecule has 0 saturated heterocycles. The van der Waals surface area contributed by atoms with Gasteiger partial charge in [-0.2, -0.15) is 13.8 Å². The predicted octanol–water partition coefficient (Wildman–Crippen LogP) is 2.76. The molecular weight excluding hydrogens is 278 g/mol. The number of pyridine rings is 1. The van der Waals surface area contributed by atoms with Crippen LogP contribution in [0.3, 0.4) is 0 Å². The highest BCUT2D eigenvalue weighted by molar-refractivity contribution is 5.53. The molecule has 1 saturated carbocycles. The van der Waals surface area contributed by atoms with Crippen molar-refractivity contribution in [1.29, 1.82) is 0 Å². The zero-order valence-corrected chi connectivity index (χ0v) is 10.6. The van der Waals surface area contributed by atoms with E-state index in [4.69, 9.17) is 10.5 Å². The number of nitrogens with one attached hydrogen (secondary N) is 1. The number of hydrogen-bond acceptors (Lipinski definition) is 4. The van der Waals surface area contributed by atoms with Gasteiger partial charge in [-0.3, -0.25) is 0 Å². The van der Waals surface area contributed by atoms with E-state index in [0.29, 0.717) is 12.5 Å². The first-order chi connectivity index (χ1) is 9.38. The standard InChI is InChI=1S/C12H15F4N3O/c13-11(14)12(15,16)6-18-9-4-3-8(17)10(19-9)20-5-7-1-2-7/h3-4,7,11H,1-2,5-6,17H2,(H,18,19). The lowest BCUT2D eigenvalue weighted by Crippen LogP contribution is -2.35. The molecule has 1 aromatic heterocycles. The molecular formula is C12H15F4N3O. The minimum Gasteiger partial charge on any atom is -0.476 e. The van der Waals surface area contributed by atoms with Crippen LogP contribution in [0, 0.1) is 5.92 Å². The summed E-state index contributed by atoms with van der Waals surface area (Å²) in [6, 6.07) is 2.76. The van der Waals surface area contributed by atoms with E-state index in [9.17, 15) is 17.6 Å². The van der Waals surface area contributed by atoms with Gasteiger partial charge >= 0.3 is 12.3 Å². The van der Waals surface area contributed by atoms with E-state index in [1.807, 2.05) is 0 Å². The van der Waals surface area contributed by atoms with Gasteiger partial charge in [-0.25, -0.2) is 8.78 Å². The monoisotopic (exact) mass is 293 g/mol. The van der Waals surface area contributed by atoms with E-state index in [1.54, 1.807) is 0 Å². The van der Waals surface area contributed by atoms with Crippen LogP contribution in [0.4, 0.5) is 29.1 Å². The van der Waals surface area contributed by atoms with Gasteiger partial charge < -0.3 is 15.8 Å². The fourth-order valence-corrected chi connectivity index (χ4v) is 1.43. The molecule has 0 spiro atoms. The van der Waals surface area contributed by atoms with E-state index < -0.39 is 18.9 Å². The lowest BCUT2D eigenvalue weighted by Gasteiger charge is -2.16. The molecule has 0 aliphatic heterocycles. The predicted molar refractivity (Wildman–Crippen MR) is 66.3 cm³/mol. The van der Waals surface area contributed by atoms with Crippen molar-refractivity contribution in [2.75, 3.05) is 24.2 Å². The molecule has 3 N–H and O–H groups in total. The van der Waals surface area contributed by atoms with Crippen molar-refractivity contribution in [1.82, 2.24) is 4.98 Å². The maximum Gasteiger partial charge on any atom is 0.324 e. The number of nitrogens with two attached hydrogens (primary N) is 1. The van der Waals surface area contributed by atoms with E-state index >= 15 is 0 Å². The number of nitrogen functional groups attached to an aromatic ring is 1. The van der Waals surface area contributed by atoms with Crippen molar-refractivity contribution in [3.63, 3.8) is 0 Å². The smallest absolute Gasteiger partial charge is 0.324 e. The first-order valence-corrected chi connectivity index (χ1v) is 6.17. The topological polar surface area (TPSA) is 60.2 Å². The van der Waals surface area contributed by atoms with Crippen LogP contribution in [0.25, 0.3) is 0 Å². The molecule has 112 valence electrons. The van der Waals surface area contributed by atoms with Crippen LogP contribution in [-0.2, 0) is 0 Å². The van der Waals surface area contributed by atoms with Crippen molar-refractivity contribution in [2.24, 2.45) is 5.92 Å². The third-order valence-electron chi connectivity index (χ3n) is 2.87. The zero-order chi connectivity index (χ0) is 14.8.